The van der Waals surface area contributed by atoms with E-state index >= 15 is 0 Å². The molecule has 1 heterocycles. The fraction of sp³-hybridized carbons (Fsp3) is 0.364. The fourth-order valence-corrected chi connectivity index (χ4v) is 4.08. The summed E-state index contributed by atoms with van der Waals surface area (Å²) in [7, 11) is 0. The van der Waals surface area contributed by atoms with Crippen molar-refractivity contribution in [2.24, 2.45) is 0 Å². The minimum absolute atomic E-state index is 0.125. The van der Waals surface area contributed by atoms with Crippen LogP contribution in [0.1, 0.15) is 44.7 Å². The van der Waals surface area contributed by atoms with Crippen molar-refractivity contribution in [2.45, 2.75) is 49.3 Å². The average Bonchev–Trinajstić information content (AvgIpc) is 2.69. The molecule has 0 saturated heterocycles. The summed E-state index contributed by atoms with van der Waals surface area (Å²) in [5.74, 6) is 0.576. The van der Waals surface area contributed by atoms with E-state index in [9.17, 15) is 9.59 Å². The summed E-state index contributed by atoms with van der Waals surface area (Å²) in [5.41, 5.74) is 1.81. The number of carbonyl (C=O) groups excluding carboxylic acids is 2. The van der Waals surface area contributed by atoms with Crippen molar-refractivity contribution in [3.8, 4) is 5.75 Å². The Morgan fingerprint density at radius 1 is 1.21 bits per heavy atom. The number of benzene rings is 2. The number of hydrogen-bond donors (Lipinski definition) is 2. The summed E-state index contributed by atoms with van der Waals surface area (Å²) in [5, 5.41) is 5.44. The Morgan fingerprint density at radius 2 is 1.96 bits per heavy atom. The van der Waals surface area contributed by atoms with Crippen molar-refractivity contribution in [3.63, 3.8) is 0 Å². The molecular formula is C22H26N2O3S. The highest BCUT2D eigenvalue weighted by Gasteiger charge is 2.29. The number of anilines is 1. The molecule has 2 aromatic rings. The molecule has 0 aromatic heterocycles. The summed E-state index contributed by atoms with van der Waals surface area (Å²) in [6.45, 7) is 4.78. The van der Waals surface area contributed by atoms with Gasteiger partial charge >= 0.3 is 0 Å². The molecule has 1 aliphatic heterocycles. The van der Waals surface area contributed by atoms with E-state index in [2.05, 4.69) is 17.6 Å². The lowest BCUT2D eigenvalue weighted by molar-refractivity contribution is -0.124. The van der Waals surface area contributed by atoms with Crippen LogP contribution in [0.25, 0.3) is 0 Å². The van der Waals surface area contributed by atoms with E-state index in [0.29, 0.717) is 6.61 Å². The molecule has 0 aliphatic carbocycles. The van der Waals surface area contributed by atoms with Gasteiger partial charge in [-0.3, -0.25) is 9.59 Å². The zero-order valence-corrected chi connectivity index (χ0v) is 17.1. The van der Waals surface area contributed by atoms with Crippen LogP contribution in [0.2, 0.25) is 0 Å². The predicted octanol–water partition coefficient (Wildman–Crippen LogP) is 4.55. The van der Waals surface area contributed by atoms with Crippen LogP contribution in [0.4, 0.5) is 5.69 Å². The van der Waals surface area contributed by atoms with Crippen molar-refractivity contribution >= 4 is 29.3 Å². The third kappa shape index (κ3) is 5.29. The van der Waals surface area contributed by atoms with E-state index in [4.69, 9.17) is 4.74 Å². The molecule has 28 heavy (non-hydrogen) atoms. The normalized spacial score (nSPS) is 16.6. The molecule has 5 nitrogen and oxygen atoms in total. The lowest BCUT2D eigenvalue weighted by atomic mass is 10.1. The first-order chi connectivity index (χ1) is 13.6. The van der Waals surface area contributed by atoms with Gasteiger partial charge in [-0.25, -0.2) is 0 Å². The molecule has 2 amide bonds. The minimum atomic E-state index is -0.420. The maximum absolute atomic E-state index is 12.5. The third-order valence-electron chi connectivity index (χ3n) is 4.60. The average molecular weight is 399 g/mol. The Balaban J connectivity index is 1.52. The van der Waals surface area contributed by atoms with E-state index in [-0.39, 0.29) is 24.3 Å². The van der Waals surface area contributed by atoms with Crippen LogP contribution in [0.15, 0.2) is 53.4 Å². The molecule has 0 radical (unpaired) electrons. The van der Waals surface area contributed by atoms with Crippen LogP contribution >= 0.6 is 11.8 Å². The smallest absolute Gasteiger partial charge is 0.238 e. The molecule has 6 heteroatoms. The van der Waals surface area contributed by atoms with Gasteiger partial charge in [0.05, 0.1) is 23.6 Å². The third-order valence-corrected chi connectivity index (χ3v) is 5.88. The second-order valence-corrected chi connectivity index (χ2v) is 8.10. The van der Waals surface area contributed by atoms with Gasteiger partial charge in [-0.05, 0) is 43.2 Å². The predicted molar refractivity (Wildman–Crippen MR) is 113 cm³/mol. The number of fused-ring (bicyclic) bond motifs is 1. The number of ether oxygens (including phenoxy) is 1. The molecule has 1 aliphatic rings. The number of rotatable bonds is 8. The number of amides is 2. The van der Waals surface area contributed by atoms with Crippen LogP contribution in [-0.4, -0.2) is 23.7 Å². The van der Waals surface area contributed by atoms with Gasteiger partial charge in [0.25, 0.3) is 0 Å². The Bertz CT molecular complexity index is 823. The highest BCUT2D eigenvalue weighted by molar-refractivity contribution is 8.01. The van der Waals surface area contributed by atoms with Crippen LogP contribution in [0, 0.1) is 0 Å². The van der Waals surface area contributed by atoms with E-state index in [1.807, 2.05) is 55.5 Å². The van der Waals surface area contributed by atoms with Gasteiger partial charge < -0.3 is 15.4 Å². The Kier molecular flexibility index (Phi) is 6.98. The second kappa shape index (κ2) is 9.64. The van der Waals surface area contributed by atoms with Crippen molar-refractivity contribution < 1.29 is 14.3 Å². The monoisotopic (exact) mass is 398 g/mol. The van der Waals surface area contributed by atoms with Crippen LogP contribution in [-0.2, 0) is 9.59 Å². The van der Waals surface area contributed by atoms with Gasteiger partial charge in [-0.2, -0.15) is 0 Å². The number of hydrogen-bond acceptors (Lipinski definition) is 4. The highest BCUT2D eigenvalue weighted by atomic mass is 32.2. The van der Waals surface area contributed by atoms with Crippen molar-refractivity contribution in [1.82, 2.24) is 5.32 Å². The first-order valence-corrected chi connectivity index (χ1v) is 10.5. The van der Waals surface area contributed by atoms with E-state index in [0.717, 1.165) is 34.7 Å². The topological polar surface area (TPSA) is 67.4 Å². The largest absolute Gasteiger partial charge is 0.494 e. The summed E-state index contributed by atoms with van der Waals surface area (Å²) >= 11 is 1.44. The summed E-state index contributed by atoms with van der Waals surface area (Å²) in [6.07, 6.45) is 2.28. The van der Waals surface area contributed by atoms with Crippen LogP contribution in [0.5, 0.6) is 5.75 Å². The first-order valence-electron chi connectivity index (χ1n) is 9.65. The van der Waals surface area contributed by atoms with Gasteiger partial charge in [0, 0.05) is 11.3 Å². The zero-order chi connectivity index (χ0) is 19.9. The van der Waals surface area contributed by atoms with Crippen molar-refractivity contribution in [2.75, 3.05) is 11.9 Å². The van der Waals surface area contributed by atoms with Crippen LogP contribution in [0.3, 0.4) is 0 Å². The van der Waals surface area contributed by atoms with Gasteiger partial charge in [-0.1, -0.05) is 37.6 Å². The molecule has 2 aromatic carbocycles. The van der Waals surface area contributed by atoms with Gasteiger partial charge in [0.2, 0.25) is 11.8 Å². The lowest BCUT2D eigenvalue weighted by Gasteiger charge is -2.24. The number of nitrogens with one attached hydrogen (secondary N) is 2. The molecule has 148 valence electrons. The van der Waals surface area contributed by atoms with E-state index in [1.165, 1.54) is 11.8 Å². The Labute approximate surface area is 170 Å². The standard InChI is InChI=1S/C22H26N2O3S/c1-3-4-13-27-17-11-9-16(10-12-17)15(2)23-21(25)14-20-22(26)24-18-7-5-6-8-19(18)28-20/h5-12,15,20H,3-4,13-14H2,1-2H3,(H,23,25)(H,24,26)/t15-,20+/m0/s1. The van der Waals surface area contributed by atoms with Gasteiger partial charge in [-0.15, -0.1) is 11.8 Å². The zero-order valence-electron chi connectivity index (χ0n) is 16.2. The molecule has 0 fully saturated rings. The highest BCUT2D eigenvalue weighted by Crippen LogP contribution is 2.36. The molecule has 2 atom stereocenters. The number of carbonyl (C=O) groups is 2. The SMILES string of the molecule is CCCCOc1ccc([C@H](C)NC(=O)C[C@H]2Sc3ccccc3NC2=O)cc1. The molecule has 0 unspecified atom stereocenters. The second-order valence-electron chi connectivity index (χ2n) is 6.86. The number of unbranched alkanes of at least 4 members (excludes halogenated alkanes) is 1. The summed E-state index contributed by atoms with van der Waals surface area (Å²) in [4.78, 5) is 25.7. The number of para-hydroxylation sites is 1. The molecule has 2 N–H and O–H groups in total. The maximum Gasteiger partial charge on any atom is 0.238 e. The Hall–Kier alpha value is -2.47. The maximum atomic E-state index is 12.5. The fourth-order valence-electron chi connectivity index (χ4n) is 2.97. The lowest BCUT2D eigenvalue weighted by Crippen LogP contribution is -2.35. The molecule has 3 rings (SSSR count). The molecule has 0 saturated carbocycles. The van der Waals surface area contributed by atoms with Crippen molar-refractivity contribution in [3.05, 3.63) is 54.1 Å². The van der Waals surface area contributed by atoms with Crippen LogP contribution < -0.4 is 15.4 Å². The molecular weight excluding hydrogens is 372 g/mol. The summed E-state index contributed by atoms with van der Waals surface area (Å²) < 4.78 is 5.67. The summed E-state index contributed by atoms with van der Waals surface area (Å²) in [6, 6.07) is 15.3. The van der Waals surface area contributed by atoms with E-state index < -0.39 is 5.25 Å². The van der Waals surface area contributed by atoms with Gasteiger partial charge in [0.15, 0.2) is 0 Å². The van der Waals surface area contributed by atoms with Gasteiger partial charge in [0.1, 0.15) is 5.75 Å². The van der Waals surface area contributed by atoms with Crippen molar-refractivity contribution in [1.29, 1.82) is 0 Å². The Morgan fingerprint density at radius 3 is 2.71 bits per heavy atom. The minimum Gasteiger partial charge on any atom is -0.494 e. The molecule has 0 bridgehead atoms. The molecule has 0 spiro atoms. The van der Waals surface area contributed by atoms with E-state index in [1.54, 1.807) is 0 Å². The first kappa shape index (κ1) is 20.3. The number of thioether (sulfide) groups is 1. The quantitative estimate of drug-likeness (QED) is 0.641.